The molecule has 2 heterocycles. The molecular weight excluding hydrogens is 268 g/mol. The van der Waals surface area contributed by atoms with Gasteiger partial charge in [0.2, 0.25) is 0 Å². The Kier molecular flexibility index (Phi) is 5.88. The highest BCUT2D eigenvalue weighted by atomic mass is 16.6. The summed E-state index contributed by atoms with van der Waals surface area (Å²) in [6.07, 6.45) is 5.23. The molecule has 21 heavy (non-hydrogen) atoms. The summed E-state index contributed by atoms with van der Waals surface area (Å²) < 4.78 is 10.9. The first-order valence-corrected chi connectivity index (χ1v) is 8.26. The average Bonchev–Trinajstić information content (AvgIpc) is 2.86. The third-order valence-corrected chi connectivity index (χ3v) is 4.14. The van der Waals surface area contributed by atoms with Crippen molar-refractivity contribution in [3.05, 3.63) is 0 Å². The van der Waals surface area contributed by atoms with Gasteiger partial charge in [0.05, 0.1) is 0 Å². The molecular formula is C16H30N2O3. The first-order valence-electron chi connectivity index (χ1n) is 8.26. The molecule has 0 aliphatic carbocycles. The molecule has 2 saturated heterocycles. The highest BCUT2D eigenvalue weighted by Gasteiger charge is 2.31. The van der Waals surface area contributed by atoms with E-state index in [2.05, 4.69) is 5.32 Å². The van der Waals surface area contributed by atoms with Crippen molar-refractivity contribution in [1.82, 2.24) is 10.2 Å². The van der Waals surface area contributed by atoms with E-state index in [1.165, 1.54) is 0 Å². The van der Waals surface area contributed by atoms with Crippen molar-refractivity contribution < 1.29 is 14.3 Å². The Morgan fingerprint density at radius 1 is 1.29 bits per heavy atom. The first-order chi connectivity index (χ1) is 9.96. The molecule has 0 radical (unpaired) electrons. The predicted octanol–water partition coefficient (Wildman–Crippen LogP) is 2.54. The Bertz CT molecular complexity index is 335. The van der Waals surface area contributed by atoms with Crippen molar-refractivity contribution in [2.45, 2.75) is 70.6 Å². The summed E-state index contributed by atoms with van der Waals surface area (Å²) >= 11 is 0. The molecule has 2 rings (SSSR count). The summed E-state index contributed by atoms with van der Waals surface area (Å²) in [6, 6.07) is 0.905. The van der Waals surface area contributed by atoms with Crippen LogP contribution < -0.4 is 5.32 Å². The second kappa shape index (κ2) is 7.45. The van der Waals surface area contributed by atoms with Gasteiger partial charge in [-0.15, -0.1) is 0 Å². The zero-order valence-electron chi connectivity index (χ0n) is 13.7. The molecule has 1 N–H and O–H groups in total. The van der Waals surface area contributed by atoms with Crippen LogP contribution in [0.5, 0.6) is 0 Å². The van der Waals surface area contributed by atoms with Crippen LogP contribution in [0.25, 0.3) is 0 Å². The van der Waals surface area contributed by atoms with Crippen LogP contribution in [0.4, 0.5) is 4.79 Å². The molecule has 0 bridgehead atoms. The van der Waals surface area contributed by atoms with Crippen LogP contribution in [0.3, 0.4) is 0 Å². The van der Waals surface area contributed by atoms with Crippen LogP contribution in [0.1, 0.15) is 52.9 Å². The number of amides is 1. The summed E-state index contributed by atoms with van der Waals surface area (Å²) in [5.41, 5.74) is -0.412. The van der Waals surface area contributed by atoms with Crippen molar-refractivity contribution >= 4 is 6.09 Å². The number of nitrogens with one attached hydrogen (secondary N) is 1. The molecule has 122 valence electrons. The second-order valence-electron chi connectivity index (χ2n) is 7.10. The van der Waals surface area contributed by atoms with E-state index >= 15 is 0 Å². The molecule has 5 heteroatoms. The average molecular weight is 298 g/mol. The van der Waals surface area contributed by atoms with E-state index in [4.69, 9.17) is 9.47 Å². The number of likely N-dealkylation sites (tertiary alicyclic amines) is 1. The lowest BCUT2D eigenvalue weighted by Gasteiger charge is -2.29. The number of carbonyl (C=O) groups is 1. The maximum atomic E-state index is 12.2. The summed E-state index contributed by atoms with van der Waals surface area (Å²) in [7, 11) is 0. The Labute approximate surface area is 128 Å². The van der Waals surface area contributed by atoms with E-state index in [-0.39, 0.29) is 6.09 Å². The van der Waals surface area contributed by atoms with Crippen LogP contribution in [-0.2, 0) is 9.47 Å². The van der Waals surface area contributed by atoms with Crippen LogP contribution >= 0.6 is 0 Å². The van der Waals surface area contributed by atoms with Crippen LogP contribution in [-0.4, -0.2) is 55.0 Å². The van der Waals surface area contributed by atoms with Gasteiger partial charge in [0.25, 0.3) is 0 Å². The van der Waals surface area contributed by atoms with Crippen molar-refractivity contribution in [1.29, 1.82) is 0 Å². The van der Waals surface area contributed by atoms with Gasteiger partial charge in [-0.2, -0.15) is 0 Å². The van der Waals surface area contributed by atoms with Gasteiger partial charge >= 0.3 is 6.09 Å². The Morgan fingerprint density at radius 3 is 2.67 bits per heavy atom. The maximum Gasteiger partial charge on any atom is 0.410 e. The van der Waals surface area contributed by atoms with Gasteiger partial charge in [-0.25, -0.2) is 4.79 Å². The van der Waals surface area contributed by atoms with Gasteiger partial charge < -0.3 is 19.7 Å². The molecule has 1 unspecified atom stereocenters. The van der Waals surface area contributed by atoms with E-state index in [1.54, 1.807) is 0 Å². The topological polar surface area (TPSA) is 50.8 Å². The van der Waals surface area contributed by atoms with E-state index in [9.17, 15) is 4.79 Å². The highest BCUT2D eigenvalue weighted by molar-refractivity contribution is 5.68. The minimum absolute atomic E-state index is 0.156. The lowest BCUT2D eigenvalue weighted by atomic mass is 10.1. The Balaban J connectivity index is 1.72. The van der Waals surface area contributed by atoms with Crippen LogP contribution in [0.15, 0.2) is 0 Å². The summed E-state index contributed by atoms with van der Waals surface area (Å²) in [4.78, 5) is 14.1. The molecule has 2 aliphatic rings. The second-order valence-corrected chi connectivity index (χ2v) is 7.10. The smallest absolute Gasteiger partial charge is 0.410 e. The summed E-state index contributed by atoms with van der Waals surface area (Å²) in [5, 5.41) is 3.60. The Morgan fingerprint density at radius 2 is 2.00 bits per heavy atom. The standard InChI is InChI=1S/C16H30N2O3/c1-16(2,3)21-15(19)18-10-4-5-14(18)6-9-17-13-7-11-20-12-8-13/h13-14,17H,4-12H2,1-3H3. The van der Waals surface area contributed by atoms with Gasteiger partial charge in [0.15, 0.2) is 0 Å². The molecule has 0 aromatic rings. The molecule has 5 nitrogen and oxygen atoms in total. The first kappa shape index (κ1) is 16.6. The molecule has 1 atom stereocenters. The zero-order chi connectivity index (χ0) is 15.3. The SMILES string of the molecule is CC(C)(C)OC(=O)N1CCCC1CCNC1CCOCC1. The van der Waals surface area contributed by atoms with Crippen molar-refractivity contribution in [3.8, 4) is 0 Å². The van der Waals surface area contributed by atoms with Crippen molar-refractivity contribution in [2.24, 2.45) is 0 Å². The van der Waals surface area contributed by atoms with Gasteiger partial charge in [-0.3, -0.25) is 0 Å². The van der Waals surface area contributed by atoms with Crippen LogP contribution in [0, 0.1) is 0 Å². The monoisotopic (exact) mass is 298 g/mol. The summed E-state index contributed by atoms with van der Waals surface area (Å²) in [5.74, 6) is 0. The number of nitrogens with zero attached hydrogens (tertiary/aromatic N) is 1. The molecule has 0 spiro atoms. The zero-order valence-corrected chi connectivity index (χ0v) is 13.7. The fourth-order valence-corrected chi connectivity index (χ4v) is 3.05. The third-order valence-electron chi connectivity index (χ3n) is 4.14. The van der Waals surface area contributed by atoms with Gasteiger partial charge in [0, 0.05) is 31.8 Å². The minimum atomic E-state index is -0.412. The van der Waals surface area contributed by atoms with E-state index < -0.39 is 5.60 Å². The molecule has 0 aromatic heterocycles. The summed E-state index contributed by atoms with van der Waals surface area (Å²) in [6.45, 7) is 9.29. The van der Waals surface area contributed by atoms with E-state index in [0.29, 0.717) is 12.1 Å². The van der Waals surface area contributed by atoms with E-state index in [1.807, 2.05) is 25.7 Å². The largest absolute Gasteiger partial charge is 0.444 e. The van der Waals surface area contributed by atoms with Crippen LogP contribution in [0.2, 0.25) is 0 Å². The number of carbonyl (C=O) groups excluding carboxylic acids is 1. The molecule has 2 fully saturated rings. The van der Waals surface area contributed by atoms with E-state index in [0.717, 1.165) is 58.4 Å². The van der Waals surface area contributed by atoms with Gasteiger partial charge in [-0.1, -0.05) is 0 Å². The number of rotatable bonds is 4. The highest BCUT2D eigenvalue weighted by Crippen LogP contribution is 2.22. The number of hydrogen-bond acceptors (Lipinski definition) is 4. The quantitative estimate of drug-likeness (QED) is 0.866. The number of ether oxygens (including phenoxy) is 2. The molecule has 1 amide bonds. The lowest BCUT2D eigenvalue weighted by Crippen LogP contribution is -2.42. The lowest BCUT2D eigenvalue weighted by molar-refractivity contribution is 0.0219. The molecule has 0 saturated carbocycles. The maximum absolute atomic E-state index is 12.2. The van der Waals surface area contributed by atoms with Gasteiger partial charge in [0.1, 0.15) is 5.60 Å². The van der Waals surface area contributed by atoms with Gasteiger partial charge in [-0.05, 0) is 59.4 Å². The third kappa shape index (κ3) is 5.47. The fraction of sp³-hybridized carbons (Fsp3) is 0.938. The minimum Gasteiger partial charge on any atom is -0.444 e. The number of hydrogen-bond donors (Lipinski definition) is 1. The van der Waals surface area contributed by atoms with Crippen molar-refractivity contribution in [3.63, 3.8) is 0 Å². The molecule has 2 aliphatic heterocycles. The predicted molar refractivity (Wildman–Crippen MR) is 82.4 cm³/mol. The molecule has 0 aromatic carbocycles. The fourth-order valence-electron chi connectivity index (χ4n) is 3.05. The Hall–Kier alpha value is -0.810. The van der Waals surface area contributed by atoms with Crippen molar-refractivity contribution in [2.75, 3.05) is 26.3 Å². The normalized spacial score (nSPS) is 24.3.